The van der Waals surface area contributed by atoms with Crippen molar-refractivity contribution in [3.05, 3.63) is 69.2 Å². The number of aromatic nitrogens is 1. The zero-order valence-electron chi connectivity index (χ0n) is 14.1. The predicted molar refractivity (Wildman–Crippen MR) is 97.9 cm³/mol. The Balaban J connectivity index is 1.74. The van der Waals surface area contributed by atoms with Gasteiger partial charge in [-0.1, -0.05) is 42.8 Å². The Kier molecular flexibility index (Phi) is 4.95. The summed E-state index contributed by atoms with van der Waals surface area (Å²) in [5, 5.41) is 3.38. The summed E-state index contributed by atoms with van der Waals surface area (Å²) in [5.41, 5.74) is 3.18. The molecule has 1 atom stereocenters. The predicted octanol–water partition coefficient (Wildman–Crippen LogP) is 3.69. The summed E-state index contributed by atoms with van der Waals surface area (Å²) >= 11 is 5.89. The number of hydrogen-bond donors (Lipinski definition) is 1. The number of hydrogen-bond acceptors (Lipinski definition) is 3. The lowest BCUT2D eigenvalue weighted by Gasteiger charge is -2.15. The first-order chi connectivity index (χ1) is 12.0. The third-order valence-corrected chi connectivity index (χ3v) is 4.43. The maximum absolute atomic E-state index is 12.3. The molecule has 5 nitrogen and oxygen atoms in total. The van der Waals surface area contributed by atoms with E-state index in [1.54, 1.807) is 18.2 Å². The molecular formula is C19H19ClN2O3. The fourth-order valence-corrected chi connectivity index (χ4v) is 2.91. The Hall–Kier alpha value is -2.53. The molecule has 1 aromatic heterocycles. The van der Waals surface area contributed by atoms with Crippen LogP contribution in [0.25, 0.3) is 11.1 Å². The van der Waals surface area contributed by atoms with E-state index in [-0.39, 0.29) is 18.5 Å². The molecule has 1 amide bonds. The number of halogens is 1. The van der Waals surface area contributed by atoms with Gasteiger partial charge in [0.25, 0.3) is 0 Å². The van der Waals surface area contributed by atoms with Crippen molar-refractivity contribution in [3.8, 4) is 0 Å². The molecule has 0 saturated heterocycles. The normalized spacial score (nSPS) is 12.3. The van der Waals surface area contributed by atoms with Crippen LogP contribution in [-0.4, -0.2) is 10.5 Å². The molecule has 2 aromatic carbocycles. The van der Waals surface area contributed by atoms with Crippen LogP contribution in [0.1, 0.15) is 31.0 Å². The molecule has 0 aliphatic heterocycles. The highest BCUT2D eigenvalue weighted by Gasteiger charge is 2.15. The summed E-state index contributed by atoms with van der Waals surface area (Å²) in [6.45, 7) is 3.90. The molecule has 0 fully saturated rings. The number of carbonyl (C=O) groups excluding carboxylic acids is 1. The highest BCUT2D eigenvalue weighted by atomic mass is 35.5. The fraction of sp³-hybridized carbons (Fsp3) is 0.263. The van der Waals surface area contributed by atoms with Crippen molar-refractivity contribution >= 4 is 28.6 Å². The molecule has 0 bridgehead atoms. The minimum absolute atomic E-state index is 0.106. The number of carbonyl (C=O) groups is 1. The highest BCUT2D eigenvalue weighted by molar-refractivity contribution is 6.31. The van der Waals surface area contributed by atoms with Crippen LogP contribution < -0.4 is 11.1 Å². The molecule has 0 saturated carbocycles. The van der Waals surface area contributed by atoms with Crippen LogP contribution in [0, 0.1) is 0 Å². The zero-order chi connectivity index (χ0) is 18.0. The molecule has 0 unspecified atom stereocenters. The monoisotopic (exact) mass is 358 g/mol. The quantitative estimate of drug-likeness (QED) is 0.756. The maximum atomic E-state index is 12.3. The number of amides is 1. The van der Waals surface area contributed by atoms with Gasteiger partial charge in [-0.15, -0.1) is 0 Å². The summed E-state index contributed by atoms with van der Waals surface area (Å²) in [4.78, 5) is 24.3. The van der Waals surface area contributed by atoms with Crippen LogP contribution in [0.4, 0.5) is 0 Å². The largest absolute Gasteiger partial charge is 0.420 e. The van der Waals surface area contributed by atoms with Crippen LogP contribution in [0.15, 0.2) is 51.7 Å². The summed E-state index contributed by atoms with van der Waals surface area (Å²) in [5.74, 6) is -0.834. The molecule has 1 heterocycles. The highest BCUT2D eigenvalue weighted by Crippen LogP contribution is 2.18. The van der Waals surface area contributed by atoms with Crippen LogP contribution in [0.2, 0.25) is 5.02 Å². The number of oxazole rings is 1. The average Bonchev–Trinajstić information content (AvgIpc) is 2.89. The molecule has 3 rings (SSSR count). The van der Waals surface area contributed by atoms with Crippen LogP contribution in [0.5, 0.6) is 0 Å². The van der Waals surface area contributed by atoms with Gasteiger partial charge in [0.05, 0.1) is 11.6 Å². The third-order valence-electron chi connectivity index (χ3n) is 4.20. The molecule has 0 spiro atoms. The summed E-state index contributed by atoms with van der Waals surface area (Å²) < 4.78 is 6.44. The molecule has 6 heteroatoms. The smallest absolute Gasteiger partial charge is 0.408 e. The number of benzene rings is 2. The van der Waals surface area contributed by atoms with E-state index in [0.29, 0.717) is 16.1 Å². The van der Waals surface area contributed by atoms with Gasteiger partial charge in [-0.05, 0) is 36.6 Å². The van der Waals surface area contributed by atoms with Gasteiger partial charge >= 0.3 is 5.76 Å². The zero-order valence-corrected chi connectivity index (χ0v) is 14.8. The van der Waals surface area contributed by atoms with E-state index in [4.69, 9.17) is 16.0 Å². The van der Waals surface area contributed by atoms with Gasteiger partial charge in [-0.3, -0.25) is 9.36 Å². The molecule has 0 aliphatic rings. The number of fused-ring (bicyclic) bond motifs is 1. The van der Waals surface area contributed by atoms with E-state index in [2.05, 4.69) is 24.4 Å². The molecule has 0 aliphatic carbocycles. The second-order valence-corrected chi connectivity index (χ2v) is 6.39. The van der Waals surface area contributed by atoms with E-state index < -0.39 is 5.76 Å². The van der Waals surface area contributed by atoms with E-state index in [9.17, 15) is 9.59 Å². The average molecular weight is 359 g/mol. The summed E-state index contributed by atoms with van der Waals surface area (Å²) in [6.07, 6.45) is 0.974. The van der Waals surface area contributed by atoms with Crippen molar-refractivity contribution in [2.45, 2.75) is 32.9 Å². The van der Waals surface area contributed by atoms with Crippen LogP contribution >= 0.6 is 11.6 Å². The number of rotatable bonds is 5. The number of aryl methyl sites for hydroxylation is 1. The van der Waals surface area contributed by atoms with Gasteiger partial charge in [0.15, 0.2) is 5.58 Å². The number of nitrogens with one attached hydrogen (secondary N) is 1. The first-order valence-electron chi connectivity index (χ1n) is 8.15. The van der Waals surface area contributed by atoms with Gasteiger partial charge in [0, 0.05) is 11.1 Å². The van der Waals surface area contributed by atoms with E-state index in [1.165, 1.54) is 10.1 Å². The van der Waals surface area contributed by atoms with Crippen molar-refractivity contribution in [3.63, 3.8) is 0 Å². The number of nitrogens with zero attached hydrogens (tertiary/aromatic N) is 1. The van der Waals surface area contributed by atoms with Gasteiger partial charge in [-0.25, -0.2) is 4.79 Å². The standard InChI is InChI=1S/C19H19ClN2O3/c1-3-13-4-6-14(7-5-13)12(2)21-18(23)11-22-16-9-8-15(20)10-17(16)25-19(22)24/h4-10,12H,3,11H2,1-2H3,(H,21,23)/t12-/m1/s1. The van der Waals surface area contributed by atoms with Crippen molar-refractivity contribution in [2.75, 3.05) is 0 Å². The van der Waals surface area contributed by atoms with E-state index in [0.717, 1.165) is 12.0 Å². The van der Waals surface area contributed by atoms with Crippen molar-refractivity contribution in [1.29, 1.82) is 0 Å². The summed E-state index contributed by atoms with van der Waals surface area (Å²) in [7, 11) is 0. The Labute approximate surface area is 150 Å². The van der Waals surface area contributed by atoms with Crippen molar-refractivity contribution < 1.29 is 9.21 Å². The Morgan fingerprint density at radius 1 is 1.24 bits per heavy atom. The lowest BCUT2D eigenvalue weighted by atomic mass is 10.1. The maximum Gasteiger partial charge on any atom is 0.420 e. The van der Waals surface area contributed by atoms with Crippen LogP contribution in [-0.2, 0) is 17.8 Å². The molecular weight excluding hydrogens is 340 g/mol. The molecule has 1 N–H and O–H groups in total. The lowest BCUT2D eigenvalue weighted by molar-refractivity contribution is -0.122. The van der Waals surface area contributed by atoms with E-state index in [1.807, 2.05) is 19.1 Å². The van der Waals surface area contributed by atoms with Gasteiger partial charge in [0.1, 0.15) is 6.54 Å². The van der Waals surface area contributed by atoms with Crippen molar-refractivity contribution in [1.82, 2.24) is 9.88 Å². The first kappa shape index (κ1) is 17.3. The van der Waals surface area contributed by atoms with Gasteiger partial charge < -0.3 is 9.73 Å². The molecule has 3 aromatic rings. The van der Waals surface area contributed by atoms with Crippen molar-refractivity contribution in [2.24, 2.45) is 0 Å². The van der Waals surface area contributed by atoms with Gasteiger partial charge in [-0.2, -0.15) is 0 Å². The van der Waals surface area contributed by atoms with Gasteiger partial charge in [0.2, 0.25) is 5.91 Å². The molecule has 25 heavy (non-hydrogen) atoms. The second kappa shape index (κ2) is 7.15. The minimum Gasteiger partial charge on any atom is -0.408 e. The van der Waals surface area contributed by atoms with E-state index >= 15 is 0 Å². The molecule has 0 radical (unpaired) electrons. The lowest BCUT2D eigenvalue weighted by Crippen LogP contribution is -2.32. The SMILES string of the molecule is CCc1ccc([C@@H](C)NC(=O)Cn2c(=O)oc3cc(Cl)ccc32)cc1. The Bertz CT molecular complexity index is 957. The Morgan fingerprint density at radius 3 is 2.64 bits per heavy atom. The van der Waals surface area contributed by atoms with Crippen LogP contribution in [0.3, 0.4) is 0 Å². The first-order valence-corrected chi connectivity index (χ1v) is 8.53. The Morgan fingerprint density at radius 2 is 1.96 bits per heavy atom. The minimum atomic E-state index is -0.577. The second-order valence-electron chi connectivity index (χ2n) is 5.95. The molecule has 130 valence electrons. The third kappa shape index (κ3) is 3.77. The topological polar surface area (TPSA) is 64.2 Å². The fourth-order valence-electron chi connectivity index (χ4n) is 2.75. The summed E-state index contributed by atoms with van der Waals surface area (Å²) in [6, 6.07) is 12.8.